The Morgan fingerprint density at radius 3 is 2.50 bits per heavy atom. The van der Waals surface area contributed by atoms with Gasteiger partial charge in [0.05, 0.1) is 7.11 Å². The summed E-state index contributed by atoms with van der Waals surface area (Å²) in [7, 11) is 9.24. The third-order valence-electron chi connectivity index (χ3n) is 2.03. The van der Waals surface area contributed by atoms with Gasteiger partial charge in [0, 0.05) is 20.4 Å². The molecule has 1 aromatic carbocycles. The van der Waals surface area contributed by atoms with Crippen molar-refractivity contribution in [2.75, 3.05) is 7.11 Å². The summed E-state index contributed by atoms with van der Waals surface area (Å²) < 4.78 is 4.51. The van der Waals surface area contributed by atoms with Crippen LogP contribution in [0, 0.1) is 0 Å². The molecule has 0 fully saturated rings. The van der Waals surface area contributed by atoms with Crippen molar-refractivity contribution in [1.82, 2.24) is 0 Å². The fourth-order valence-corrected chi connectivity index (χ4v) is 1.22. The van der Waals surface area contributed by atoms with Crippen LogP contribution < -0.4 is 0 Å². The van der Waals surface area contributed by atoms with Gasteiger partial charge in [0.1, 0.15) is 11.8 Å². The zero-order chi connectivity index (χ0) is 14.0. The lowest BCUT2D eigenvalue weighted by Gasteiger charge is -2.08. The van der Waals surface area contributed by atoms with Gasteiger partial charge in [-0.3, -0.25) is 4.79 Å². The summed E-state index contributed by atoms with van der Waals surface area (Å²) in [6.07, 6.45) is 0.247. The smallest absolute Gasteiger partial charge is 0.314 e. The Labute approximate surface area is 107 Å². The molecule has 0 aromatic heterocycles. The SMILES string of the molecule is COC(=O)[C@@H](Cc1ccc(O)cc1)N=[N+]=[N-].[B][B]. The van der Waals surface area contributed by atoms with Gasteiger partial charge in [0.25, 0.3) is 0 Å². The zero-order valence-electron chi connectivity index (χ0n) is 9.85. The van der Waals surface area contributed by atoms with Crippen molar-refractivity contribution in [2.24, 2.45) is 5.11 Å². The molecule has 0 aliphatic rings. The minimum atomic E-state index is -0.875. The first kappa shape index (κ1) is 15.9. The van der Waals surface area contributed by atoms with Gasteiger partial charge in [0.15, 0.2) is 0 Å². The van der Waals surface area contributed by atoms with Crippen LogP contribution in [0.1, 0.15) is 5.56 Å². The van der Waals surface area contributed by atoms with E-state index in [0.29, 0.717) is 0 Å². The summed E-state index contributed by atoms with van der Waals surface area (Å²) in [6.45, 7) is 0. The molecule has 0 unspecified atom stereocenters. The Morgan fingerprint density at radius 1 is 1.50 bits per heavy atom. The molecule has 6 nitrogen and oxygen atoms in total. The summed E-state index contributed by atoms with van der Waals surface area (Å²) in [6, 6.07) is 5.43. The molecule has 8 heteroatoms. The number of nitrogens with zero attached hydrogens (tertiary/aromatic N) is 3. The molecule has 1 rings (SSSR count). The summed E-state index contributed by atoms with van der Waals surface area (Å²) in [4.78, 5) is 13.8. The number of ether oxygens (including phenoxy) is 1. The fraction of sp³-hybridized carbons (Fsp3) is 0.300. The van der Waals surface area contributed by atoms with Gasteiger partial charge in [-0.15, -0.1) is 0 Å². The zero-order valence-corrected chi connectivity index (χ0v) is 9.85. The lowest BCUT2D eigenvalue weighted by atomic mass is 9.81. The number of azide groups is 1. The summed E-state index contributed by atoms with van der Waals surface area (Å²) >= 11 is 0. The highest BCUT2D eigenvalue weighted by atomic mass is 16.5. The first-order valence-electron chi connectivity index (χ1n) is 4.90. The van der Waals surface area contributed by atoms with E-state index in [1.165, 1.54) is 19.2 Å². The highest BCUT2D eigenvalue weighted by Crippen LogP contribution is 2.13. The van der Waals surface area contributed by atoms with E-state index in [9.17, 15) is 4.79 Å². The van der Waals surface area contributed by atoms with E-state index in [0.717, 1.165) is 5.56 Å². The van der Waals surface area contributed by atoms with E-state index in [2.05, 4.69) is 30.2 Å². The van der Waals surface area contributed by atoms with E-state index >= 15 is 0 Å². The second-order valence-corrected chi connectivity index (χ2v) is 3.11. The molecule has 0 saturated heterocycles. The van der Waals surface area contributed by atoms with Crippen molar-refractivity contribution in [3.05, 3.63) is 40.3 Å². The van der Waals surface area contributed by atoms with E-state index in [1.54, 1.807) is 12.1 Å². The molecule has 1 N–H and O–H groups in total. The number of phenolic OH excluding ortho intramolecular Hbond substituents is 1. The molecule has 0 saturated carbocycles. The average molecular weight is 243 g/mol. The lowest BCUT2D eigenvalue weighted by molar-refractivity contribution is -0.142. The predicted octanol–water partition coefficient (Wildman–Crippen LogP) is 1.02. The first-order valence-corrected chi connectivity index (χ1v) is 4.90. The number of esters is 1. The number of hydrogen-bond donors (Lipinski definition) is 1. The molecule has 1 aromatic rings. The van der Waals surface area contributed by atoms with Crippen molar-refractivity contribution in [3.8, 4) is 5.75 Å². The standard InChI is InChI=1S/C10H11N3O3.B2/c1-16-10(15)9(12-13-11)6-7-2-4-8(14)5-3-7;1-2/h2-5,9,14H,6H2,1H3;/t9-;/m1./s1. The van der Waals surface area contributed by atoms with Crippen molar-refractivity contribution >= 4 is 21.4 Å². The van der Waals surface area contributed by atoms with E-state index < -0.39 is 12.0 Å². The molecule has 4 radical (unpaired) electrons. The van der Waals surface area contributed by atoms with Crippen LogP contribution in [-0.4, -0.2) is 39.7 Å². The molecule has 0 heterocycles. The monoisotopic (exact) mass is 243 g/mol. The number of hydrogen-bond acceptors (Lipinski definition) is 4. The van der Waals surface area contributed by atoms with Crippen LogP contribution in [0.25, 0.3) is 10.4 Å². The summed E-state index contributed by atoms with van der Waals surface area (Å²) in [5.41, 5.74) is 9.09. The van der Waals surface area contributed by atoms with Crippen molar-refractivity contribution in [2.45, 2.75) is 12.5 Å². The molecular weight excluding hydrogens is 232 g/mol. The van der Waals surface area contributed by atoms with Crippen LogP contribution in [-0.2, 0) is 16.0 Å². The second-order valence-electron chi connectivity index (χ2n) is 3.11. The number of phenols is 1. The highest BCUT2D eigenvalue weighted by molar-refractivity contribution is 6.75. The number of aromatic hydroxyl groups is 1. The second kappa shape index (κ2) is 9.01. The van der Waals surface area contributed by atoms with Crippen LogP contribution in [0.15, 0.2) is 29.4 Å². The maximum absolute atomic E-state index is 11.2. The van der Waals surface area contributed by atoms with Crippen LogP contribution >= 0.6 is 0 Å². The molecular formula is C10H11B2N3O3. The summed E-state index contributed by atoms with van der Waals surface area (Å²) in [5, 5.41) is 12.4. The molecule has 18 heavy (non-hydrogen) atoms. The normalized spacial score (nSPS) is 10.3. The molecule has 0 spiro atoms. The number of carbonyl (C=O) groups is 1. The highest BCUT2D eigenvalue weighted by Gasteiger charge is 2.17. The lowest BCUT2D eigenvalue weighted by Crippen LogP contribution is -2.22. The van der Waals surface area contributed by atoms with Crippen molar-refractivity contribution in [1.29, 1.82) is 0 Å². The minimum Gasteiger partial charge on any atom is -0.508 e. The third-order valence-corrected chi connectivity index (χ3v) is 2.03. The van der Waals surface area contributed by atoms with Gasteiger partial charge < -0.3 is 9.84 Å². The van der Waals surface area contributed by atoms with Gasteiger partial charge >= 0.3 is 5.97 Å². The topological polar surface area (TPSA) is 95.3 Å². The van der Waals surface area contributed by atoms with E-state index in [-0.39, 0.29) is 12.2 Å². The van der Waals surface area contributed by atoms with Gasteiger partial charge in [-0.1, -0.05) is 17.2 Å². The molecule has 90 valence electrons. The Bertz CT molecular complexity index is 419. The van der Waals surface area contributed by atoms with Gasteiger partial charge in [0.2, 0.25) is 0 Å². The quantitative estimate of drug-likeness (QED) is 0.281. The predicted molar refractivity (Wildman–Crippen MR) is 68.3 cm³/mol. The number of benzene rings is 1. The molecule has 0 aliphatic heterocycles. The summed E-state index contributed by atoms with van der Waals surface area (Å²) in [5.74, 6) is -0.437. The maximum atomic E-state index is 11.2. The van der Waals surface area contributed by atoms with Crippen LogP contribution in [0.2, 0.25) is 0 Å². The Kier molecular flexibility index (Phi) is 7.98. The maximum Gasteiger partial charge on any atom is 0.314 e. The number of methoxy groups -OCH3 is 1. The molecule has 0 amide bonds. The molecule has 1 atom stereocenters. The number of carbonyl (C=O) groups excluding carboxylic acids is 1. The van der Waals surface area contributed by atoms with Gasteiger partial charge in [-0.25, -0.2) is 0 Å². The van der Waals surface area contributed by atoms with Crippen molar-refractivity contribution in [3.63, 3.8) is 0 Å². The Morgan fingerprint density at radius 2 is 2.06 bits per heavy atom. The van der Waals surface area contributed by atoms with Crippen LogP contribution in [0.5, 0.6) is 5.75 Å². The van der Waals surface area contributed by atoms with Gasteiger partial charge in [-0.05, 0) is 29.6 Å². The van der Waals surface area contributed by atoms with E-state index in [1.807, 2.05) is 0 Å². The van der Waals surface area contributed by atoms with Crippen LogP contribution in [0.4, 0.5) is 0 Å². The fourth-order valence-electron chi connectivity index (χ4n) is 1.22. The van der Waals surface area contributed by atoms with Crippen LogP contribution in [0.3, 0.4) is 0 Å². The number of rotatable bonds is 4. The molecule has 0 bridgehead atoms. The van der Waals surface area contributed by atoms with Gasteiger partial charge in [-0.2, -0.15) is 0 Å². The largest absolute Gasteiger partial charge is 0.508 e. The Balaban J connectivity index is 0.00000137. The van der Waals surface area contributed by atoms with E-state index in [4.69, 9.17) is 10.6 Å². The molecule has 0 aliphatic carbocycles. The Hall–Kier alpha value is -2.07. The minimum absolute atomic E-state index is 0.141. The average Bonchev–Trinajstić information content (AvgIpc) is 2.42. The van der Waals surface area contributed by atoms with Crippen molar-refractivity contribution < 1.29 is 14.6 Å². The first-order chi connectivity index (χ1) is 8.67. The third kappa shape index (κ3) is 5.32.